The maximum Gasteiger partial charge on any atom is 0.251 e. The van der Waals surface area contributed by atoms with Gasteiger partial charge in [0.25, 0.3) is 5.91 Å². The molecule has 0 saturated carbocycles. The van der Waals surface area contributed by atoms with E-state index in [9.17, 15) is 4.79 Å². The molecule has 1 N–H and O–H groups in total. The van der Waals surface area contributed by atoms with Crippen LogP contribution in [0.1, 0.15) is 36.5 Å². The molecule has 1 amide bonds. The van der Waals surface area contributed by atoms with E-state index in [0.717, 1.165) is 25.9 Å². The van der Waals surface area contributed by atoms with Gasteiger partial charge in [0.2, 0.25) is 0 Å². The van der Waals surface area contributed by atoms with Crippen molar-refractivity contribution in [1.29, 1.82) is 0 Å². The maximum absolute atomic E-state index is 12.5. The quantitative estimate of drug-likeness (QED) is 0.872. The highest BCUT2D eigenvalue weighted by Crippen LogP contribution is 2.36. The van der Waals surface area contributed by atoms with E-state index < -0.39 is 0 Å². The fourth-order valence-corrected chi connectivity index (χ4v) is 2.97. The Balaban J connectivity index is 2.16. The molecule has 0 aromatic heterocycles. The Morgan fingerprint density at radius 2 is 2.23 bits per heavy atom. The van der Waals surface area contributed by atoms with E-state index in [2.05, 4.69) is 5.32 Å². The first-order valence-corrected chi connectivity index (χ1v) is 7.82. The van der Waals surface area contributed by atoms with Gasteiger partial charge in [-0.05, 0) is 31.4 Å². The highest BCUT2D eigenvalue weighted by atomic mass is 35.5. The van der Waals surface area contributed by atoms with E-state index in [1.54, 1.807) is 12.1 Å². The van der Waals surface area contributed by atoms with Crippen LogP contribution in [0.2, 0.25) is 5.02 Å². The Labute approximate surface area is 135 Å². The van der Waals surface area contributed by atoms with Crippen molar-refractivity contribution in [2.24, 2.45) is 0 Å². The molecular weight excluding hydrogens is 306 g/mol. The third-order valence-electron chi connectivity index (χ3n) is 3.87. The molecule has 122 valence electrons. The molecule has 0 spiro atoms. The standard InChI is InChI=1S/C16H22ClNO4/c1-4-12(13-6-5-7-22-13)18-16(19)10-8-11(17)15(21-3)14(9-10)20-2/h8-9,12-13H,4-7H2,1-3H3,(H,18,19)/t12-,13+/m1/s1. The Kier molecular flexibility index (Phi) is 5.91. The fourth-order valence-electron chi connectivity index (χ4n) is 2.68. The second-order valence-corrected chi connectivity index (χ2v) is 5.64. The van der Waals surface area contributed by atoms with Gasteiger partial charge in [0.15, 0.2) is 11.5 Å². The predicted octanol–water partition coefficient (Wildman–Crippen LogP) is 3.04. The lowest BCUT2D eigenvalue weighted by Gasteiger charge is -2.23. The lowest BCUT2D eigenvalue weighted by molar-refractivity contribution is 0.0665. The van der Waals surface area contributed by atoms with Crippen molar-refractivity contribution in [2.45, 2.75) is 38.3 Å². The topological polar surface area (TPSA) is 56.8 Å². The minimum atomic E-state index is -0.190. The molecule has 1 aromatic carbocycles. The molecule has 6 heteroatoms. The van der Waals surface area contributed by atoms with Crippen LogP contribution in [0.15, 0.2) is 12.1 Å². The van der Waals surface area contributed by atoms with Gasteiger partial charge in [-0.3, -0.25) is 4.79 Å². The summed E-state index contributed by atoms with van der Waals surface area (Å²) >= 11 is 6.15. The summed E-state index contributed by atoms with van der Waals surface area (Å²) in [6.45, 7) is 2.80. The number of hydrogen-bond acceptors (Lipinski definition) is 4. The zero-order valence-corrected chi connectivity index (χ0v) is 13.9. The summed E-state index contributed by atoms with van der Waals surface area (Å²) in [5.41, 5.74) is 0.444. The number of halogens is 1. The first-order chi connectivity index (χ1) is 10.6. The van der Waals surface area contributed by atoms with Gasteiger partial charge in [-0.2, -0.15) is 0 Å². The summed E-state index contributed by atoms with van der Waals surface area (Å²) in [5, 5.41) is 3.37. The number of hydrogen-bond donors (Lipinski definition) is 1. The summed E-state index contributed by atoms with van der Waals surface area (Å²) in [6, 6.07) is 3.21. The van der Waals surface area contributed by atoms with E-state index in [-0.39, 0.29) is 18.1 Å². The molecule has 5 nitrogen and oxygen atoms in total. The van der Waals surface area contributed by atoms with Crippen molar-refractivity contribution < 1.29 is 19.0 Å². The largest absolute Gasteiger partial charge is 0.493 e. The van der Waals surface area contributed by atoms with Gasteiger partial charge in [-0.1, -0.05) is 18.5 Å². The molecule has 1 fully saturated rings. The summed E-state index contributed by atoms with van der Waals surface area (Å²) in [4.78, 5) is 12.5. The maximum atomic E-state index is 12.5. The minimum absolute atomic E-state index is 0.00173. The highest BCUT2D eigenvalue weighted by molar-refractivity contribution is 6.32. The average Bonchev–Trinajstić information content (AvgIpc) is 3.05. The normalized spacial score (nSPS) is 18.8. The Bertz CT molecular complexity index is 529. The zero-order chi connectivity index (χ0) is 16.1. The van der Waals surface area contributed by atoms with E-state index in [4.69, 9.17) is 25.8 Å². The molecule has 0 radical (unpaired) electrons. The second-order valence-electron chi connectivity index (χ2n) is 5.23. The predicted molar refractivity (Wildman–Crippen MR) is 85.1 cm³/mol. The number of ether oxygens (including phenoxy) is 3. The van der Waals surface area contributed by atoms with Gasteiger partial charge >= 0.3 is 0 Å². The van der Waals surface area contributed by atoms with Crippen LogP contribution in [-0.2, 0) is 4.74 Å². The Morgan fingerprint density at radius 1 is 1.45 bits per heavy atom. The lowest BCUT2D eigenvalue weighted by atomic mass is 10.0. The van der Waals surface area contributed by atoms with Crippen molar-refractivity contribution in [1.82, 2.24) is 5.32 Å². The number of methoxy groups -OCH3 is 2. The van der Waals surface area contributed by atoms with E-state index in [1.165, 1.54) is 14.2 Å². The van der Waals surface area contributed by atoms with Crippen molar-refractivity contribution >= 4 is 17.5 Å². The molecule has 0 aliphatic carbocycles. The Morgan fingerprint density at radius 3 is 2.77 bits per heavy atom. The summed E-state index contributed by atoms with van der Waals surface area (Å²) in [6.07, 6.45) is 2.92. The molecule has 1 aliphatic rings. The third-order valence-corrected chi connectivity index (χ3v) is 4.15. The zero-order valence-electron chi connectivity index (χ0n) is 13.1. The fraction of sp³-hybridized carbons (Fsp3) is 0.562. The van der Waals surface area contributed by atoms with Gasteiger partial charge in [-0.25, -0.2) is 0 Å². The lowest BCUT2D eigenvalue weighted by Crippen LogP contribution is -2.42. The number of carbonyl (C=O) groups is 1. The number of carbonyl (C=O) groups excluding carboxylic acids is 1. The van der Waals surface area contributed by atoms with Gasteiger partial charge < -0.3 is 19.5 Å². The molecule has 1 aromatic rings. The second kappa shape index (κ2) is 7.70. The smallest absolute Gasteiger partial charge is 0.251 e. The molecule has 1 saturated heterocycles. The van der Waals surface area contributed by atoms with E-state index >= 15 is 0 Å². The van der Waals surface area contributed by atoms with Gasteiger partial charge in [0.1, 0.15) is 0 Å². The molecule has 1 aliphatic heterocycles. The van der Waals surface area contributed by atoms with Gasteiger partial charge in [0.05, 0.1) is 31.4 Å². The first-order valence-electron chi connectivity index (χ1n) is 7.44. The van der Waals surface area contributed by atoms with Crippen molar-refractivity contribution in [3.8, 4) is 11.5 Å². The van der Waals surface area contributed by atoms with Gasteiger partial charge in [0, 0.05) is 12.2 Å². The molecular formula is C16H22ClNO4. The SMILES string of the molecule is CC[C@@H](NC(=O)c1cc(Cl)c(OC)c(OC)c1)[C@@H]1CCCO1. The monoisotopic (exact) mass is 327 g/mol. The van der Waals surface area contributed by atoms with E-state index in [0.29, 0.717) is 22.1 Å². The van der Waals surface area contributed by atoms with Crippen LogP contribution in [0.3, 0.4) is 0 Å². The number of nitrogens with one attached hydrogen (secondary N) is 1. The minimum Gasteiger partial charge on any atom is -0.493 e. The van der Waals surface area contributed by atoms with Crippen molar-refractivity contribution in [2.75, 3.05) is 20.8 Å². The van der Waals surface area contributed by atoms with E-state index in [1.807, 2.05) is 6.92 Å². The highest BCUT2D eigenvalue weighted by Gasteiger charge is 2.26. The molecule has 0 bridgehead atoms. The van der Waals surface area contributed by atoms with Gasteiger partial charge in [-0.15, -0.1) is 0 Å². The van der Waals surface area contributed by atoms with Crippen LogP contribution >= 0.6 is 11.6 Å². The van der Waals surface area contributed by atoms with Crippen LogP contribution in [0.5, 0.6) is 11.5 Å². The van der Waals surface area contributed by atoms with Crippen molar-refractivity contribution in [3.63, 3.8) is 0 Å². The molecule has 2 atom stereocenters. The molecule has 22 heavy (non-hydrogen) atoms. The van der Waals surface area contributed by atoms with Crippen LogP contribution in [0.4, 0.5) is 0 Å². The average molecular weight is 328 g/mol. The summed E-state index contributed by atoms with van der Waals surface area (Å²) in [5.74, 6) is 0.669. The number of amides is 1. The Hall–Kier alpha value is -1.46. The molecule has 0 unspecified atom stereocenters. The summed E-state index contributed by atoms with van der Waals surface area (Å²) in [7, 11) is 3.02. The first kappa shape index (κ1) is 16.9. The third kappa shape index (κ3) is 3.65. The number of rotatable bonds is 6. The van der Waals surface area contributed by atoms with Crippen LogP contribution in [-0.4, -0.2) is 38.9 Å². The molecule has 2 rings (SSSR count). The van der Waals surface area contributed by atoms with Crippen molar-refractivity contribution in [3.05, 3.63) is 22.7 Å². The van der Waals surface area contributed by atoms with Crippen LogP contribution < -0.4 is 14.8 Å². The van der Waals surface area contributed by atoms with Crippen LogP contribution in [0.25, 0.3) is 0 Å². The molecule has 1 heterocycles. The number of benzene rings is 1. The summed E-state index contributed by atoms with van der Waals surface area (Å²) < 4.78 is 16.1. The van der Waals surface area contributed by atoms with Crippen LogP contribution in [0, 0.1) is 0 Å².